The summed E-state index contributed by atoms with van der Waals surface area (Å²) in [7, 11) is 0. The van der Waals surface area contributed by atoms with E-state index in [1.165, 1.54) is 4.90 Å². The molecule has 2 amide bonds. The van der Waals surface area contributed by atoms with Crippen molar-refractivity contribution in [1.82, 2.24) is 5.32 Å². The van der Waals surface area contributed by atoms with Crippen LogP contribution in [0.1, 0.15) is 32.8 Å². The quantitative estimate of drug-likeness (QED) is 0.662. The fourth-order valence-electron chi connectivity index (χ4n) is 2.37. The van der Waals surface area contributed by atoms with Gasteiger partial charge in [0, 0.05) is 18.4 Å². The summed E-state index contributed by atoms with van der Waals surface area (Å²) in [5.74, 6) is -0.652. The van der Waals surface area contributed by atoms with E-state index in [0.717, 1.165) is 25.1 Å². The van der Waals surface area contributed by atoms with Gasteiger partial charge < -0.3 is 5.32 Å². The van der Waals surface area contributed by atoms with Gasteiger partial charge in [0.25, 0.3) is 0 Å². The third-order valence-corrected chi connectivity index (χ3v) is 3.92. The Hall–Kier alpha value is -1.68. The first kappa shape index (κ1) is 14.7. The first-order valence-electron chi connectivity index (χ1n) is 7.23. The van der Waals surface area contributed by atoms with Crippen LogP contribution in [0.4, 0.5) is 5.69 Å². The Labute approximate surface area is 120 Å². The molecule has 4 nitrogen and oxygen atoms in total. The van der Waals surface area contributed by atoms with Crippen LogP contribution in [0.15, 0.2) is 24.3 Å². The van der Waals surface area contributed by atoms with Crippen LogP contribution in [-0.4, -0.2) is 18.4 Å². The van der Waals surface area contributed by atoms with Crippen molar-refractivity contribution >= 4 is 17.5 Å². The van der Waals surface area contributed by atoms with Gasteiger partial charge in [0.1, 0.15) is 0 Å². The van der Waals surface area contributed by atoms with Crippen LogP contribution in [0.5, 0.6) is 0 Å². The number of imide groups is 1. The highest BCUT2D eigenvalue weighted by Gasteiger charge is 2.42. The number of benzene rings is 1. The molecule has 20 heavy (non-hydrogen) atoms. The Bertz CT molecular complexity index is 476. The molecule has 2 rings (SSSR count). The molecule has 1 aromatic carbocycles. The molecule has 0 spiro atoms. The molecule has 4 heteroatoms. The Balaban J connectivity index is 2.10. The van der Waals surface area contributed by atoms with E-state index in [1.54, 1.807) is 0 Å². The van der Waals surface area contributed by atoms with Crippen molar-refractivity contribution in [3.05, 3.63) is 29.8 Å². The van der Waals surface area contributed by atoms with Crippen molar-refractivity contribution in [1.29, 1.82) is 0 Å². The second-order valence-electron chi connectivity index (χ2n) is 5.43. The molecule has 1 heterocycles. The number of rotatable bonds is 5. The summed E-state index contributed by atoms with van der Waals surface area (Å²) in [6.07, 6.45) is 1.10. The predicted octanol–water partition coefficient (Wildman–Crippen LogP) is 2.33. The number of amides is 2. The second-order valence-corrected chi connectivity index (χ2v) is 5.43. The van der Waals surface area contributed by atoms with Crippen LogP contribution in [0.3, 0.4) is 0 Å². The minimum absolute atomic E-state index is 0.0978. The highest BCUT2D eigenvalue weighted by atomic mass is 16.2. The van der Waals surface area contributed by atoms with Crippen molar-refractivity contribution in [2.45, 2.75) is 33.7 Å². The standard InChI is InChI=1S/C16H22N2O2/c1-4-9-17-10-13-5-7-14(8-6-13)18-15(19)11(2)12(3)16(18)20/h5-8,11-12,17H,4,9-10H2,1-3H3. The van der Waals surface area contributed by atoms with Gasteiger partial charge in [0.2, 0.25) is 11.8 Å². The van der Waals surface area contributed by atoms with Gasteiger partial charge in [-0.1, -0.05) is 32.9 Å². The fraction of sp³-hybridized carbons (Fsp3) is 0.500. The summed E-state index contributed by atoms with van der Waals surface area (Å²) in [6, 6.07) is 7.63. The molecule has 1 aromatic rings. The van der Waals surface area contributed by atoms with Crippen molar-refractivity contribution in [2.75, 3.05) is 11.4 Å². The molecule has 1 aliphatic heterocycles. The molecule has 2 unspecified atom stereocenters. The lowest BCUT2D eigenvalue weighted by Gasteiger charge is -2.15. The third-order valence-electron chi connectivity index (χ3n) is 3.92. The maximum atomic E-state index is 12.1. The first-order chi connectivity index (χ1) is 9.56. The van der Waals surface area contributed by atoms with Gasteiger partial charge in [-0.05, 0) is 30.7 Å². The van der Waals surface area contributed by atoms with Crippen molar-refractivity contribution < 1.29 is 9.59 Å². The monoisotopic (exact) mass is 274 g/mol. The summed E-state index contributed by atoms with van der Waals surface area (Å²) in [5.41, 5.74) is 1.83. The average molecular weight is 274 g/mol. The zero-order chi connectivity index (χ0) is 14.7. The number of carbonyl (C=O) groups is 2. The van der Waals surface area contributed by atoms with E-state index >= 15 is 0 Å². The number of anilines is 1. The van der Waals surface area contributed by atoms with E-state index in [-0.39, 0.29) is 23.7 Å². The van der Waals surface area contributed by atoms with Crippen molar-refractivity contribution in [3.63, 3.8) is 0 Å². The van der Waals surface area contributed by atoms with Gasteiger partial charge in [-0.2, -0.15) is 0 Å². The van der Waals surface area contributed by atoms with E-state index in [4.69, 9.17) is 0 Å². The predicted molar refractivity (Wildman–Crippen MR) is 79.3 cm³/mol. The van der Waals surface area contributed by atoms with Gasteiger partial charge in [-0.3, -0.25) is 14.5 Å². The van der Waals surface area contributed by atoms with Gasteiger partial charge in [-0.15, -0.1) is 0 Å². The molecule has 2 atom stereocenters. The van der Waals surface area contributed by atoms with Crippen LogP contribution < -0.4 is 10.2 Å². The average Bonchev–Trinajstić information content (AvgIpc) is 2.65. The lowest BCUT2D eigenvalue weighted by Crippen LogP contribution is -2.30. The smallest absolute Gasteiger partial charge is 0.237 e. The molecule has 0 saturated carbocycles. The molecule has 0 radical (unpaired) electrons. The van der Waals surface area contributed by atoms with Crippen LogP contribution in [0.2, 0.25) is 0 Å². The topological polar surface area (TPSA) is 49.4 Å². The highest BCUT2D eigenvalue weighted by molar-refractivity contribution is 6.21. The number of hydrogen-bond donors (Lipinski definition) is 1. The van der Waals surface area contributed by atoms with Crippen LogP contribution in [0, 0.1) is 11.8 Å². The Morgan fingerprint density at radius 1 is 1.05 bits per heavy atom. The van der Waals surface area contributed by atoms with Gasteiger partial charge in [0.15, 0.2) is 0 Å². The number of hydrogen-bond acceptors (Lipinski definition) is 3. The lowest BCUT2D eigenvalue weighted by molar-refractivity contribution is -0.122. The maximum Gasteiger partial charge on any atom is 0.237 e. The molecule has 1 fully saturated rings. The largest absolute Gasteiger partial charge is 0.313 e. The Morgan fingerprint density at radius 3 is 2.10 bits per heavy atom. The first-order valence-corrected chi connectivity index (χ1v) is 7.23. The van der Waals surface area contributed by atoms with E-state index < -0.39 is 0 Å². The van der Waals surface area contributed by atoms with Crippen LogP contribution >= 0.6 is 0 Å². The molecular formula is C16H22N2O2. The zero-order valence-electron chi connectivity index (χ0n) is 12.3. The summed E-state index contributed by atoms with van der Waals surface area (Å²) < 4.78 is 0. The van der Waals surface area contributed by atoms with E-state index in [1.807, 2.05) is 38.1 Å². The minimum Gasteiger partial charge on any atom is -0.313 e. The molecule has 0 aromatic heterocycles. The fourth-order valence-corrected chi connectivity index (χ4v) is 2.37. The molecule has 0 bridgehead atoms. The van der Waals surface area contributed by atoms with E-state index in [9.17, 15) is 9.59 Å². The van der Waals surface area contributed by atoms with Crippen LogP contribution in [-0.2, 0) is 16.1 Å². The number of carbonyl (C=O) groups excluding carboxylic acids is 2. The van der Waals surface area contributed by atoms with Gasteiger partial charge in [-0.25, -0.2) is 0 Å². The highest BCUT2D eigenvalue weighted by Crippen LogP contribution is 2.30. The van der Waals surface area contributed by atoms with Gasteiger partial charge in [0.05, 0.1) is 5.69 Å². The Morgan fingerprint density at radius 2 is 1.60 bits per heavy atom. The molecule has 108 valence electrons. The molecular weight excluding hydrogens is 252 g/mol. The summed E-state index contributed by atoms with van der Waals surface area (Å²) in [5, 5.41) is 3.32. The number of nitrogens with one attached hydrogen (secondary N) is 1. The zero-order valence-corrected chi connectivity index (χ0v) is 12.3. The lowest BCUT2D eigenvalue weighted by atomic mass is 10.00. The SMILES string of the molecule is CCCNCc1ccc(N2C(=O)C(C)C(C)C2=O)cc1. The normalized spacial score (nSPS) is 22.6. The van der Waals surface area contributed by atoms with Gasteiger partial charge >= 0.3 is 0 Å². The Kier molecular flexibility index (Phi) is 4.55. The second kappa shape index (κ2) is 6.18. The van der Waals surface area contributed by atoms with Crippen molar-refractivity contribution in [3.8, 4) is 0 Å². The van der Waals surface area contributed by atoms with Crippen molar-refractivity contribution in [2.24, 2.45) is 11.8 Å². The molecule has 1 saturated heterocycles. The minimum atomic E-state index is -0.228. The van der Waals surface area contributed by atoms with Crippen LogP contribution in [0.25, 0.3) is 0 Å². The third kappa shape index (κ3) is 2.75. The molecule has 1 N–H and O–H groups in total. The van der Waals surface area contributed by atoms with E-state index in [2.05, 4.69) is 12.2 Å². The summed E-state index contributed by atoms with van der Waals surface area (Å²) in [6.45, 7) is 7.55. The van der Waals surface area contributed by atoms with E-state index in [0.29, 0.717) is 5.69 Å². The molecule has 1 aliphatic rings. The summed E-state index contributed by atoms with van der Waals surface area (Å²) >= 11 is 0. The number of nitrogens with zero attached hydrogens (tertiary/aromatic N) is 1. The molecule has 0 aliphatic carbocycles. The summed E-state index contributed by atoms with van der Waals surface area (Å²) in [4.78, 5) is 25.5. The maximum absolute atomic E-state index is 12.1.